The maximum absolute atomic E-state index is 13.2. The highest BCUT2D eigenvalue weighted by Crippen LogP contribution is 2.30. The van der Waals surface area contributed by atoms with Crippen LogP contribution in [0.5, 0.6) is 0 Å². The number of aliphatic hydroxyl groups excluding tert-OH is 8. The Hall–Kier alpha value is -3.09. The fraction of sp³-hybridized carbons (Fsp3) is 0.742. The van der Waals surface area contributed by atoms with Gasteiger partial charge in [-0.3, -0.25) is 4.79 Å². The van der Waals surface area contributed by atoms with Crippen LogP contribution >= 0.6 is 0 Å². The van der Waals surface area contributed by atoms with Crippen LogP contribution in [0.4, 0.5) is 0 Å². The number of unbranched alkanes of at least 4 members (excludes halogenated alkanes) is 22. The molecule has 0 aromatic carbocycles. The van der Waals surface area contributed by atoms with Gasteiger partial charge in [0.15, 0.2) is 12.6 Å². The molecule has 0 aromatic heterocycles. The number of carbonyl (C=O) groups excluding carboxylic acids is 1. The number of hydrogen-bond acceptors (Lipinski definition) is 13. The van der Waals surface area contributed by atoms with Gasteiger partial charge >= 0.3 is 0 Å². The molecule has 14 heteroatoms. The van der Waals surface area contributed by atoms with Gasteiger partial charge in [0.05, 0.1) is 32.0 Å². The number of hydrogen-bond donors (Lipinski definition) is 9. The van der Waals surface area contributed by atoms with Crippen molar-refractivity contribution in [3.05, 3.63) is 97.2 Å². The maximum atomic E-state index is 13.2. The van der Waals surface area contributed by atoms with E-state index in [1.807, 2.05) is 12.2 Å². The van der Waals surface area contributed by atoms with E-state index < -0.39 is 86.8 Å². The van der Waals surface area contributed by atoms with Gasteiger partial charge in [0.1, 0.15) is 48.8 Å². The Kier molecular flexibility index (Phi) is 46.0. The minimum Gasteiger partial charge on any atom is -0.394 e. The van der Waals surface area contributed by atoms with E-state index in [1.54, 1.807) is 6.08 Å². The van der Waals surface area contributed by atoms with E-state index in [4.69, 9.17) is 18.9 Å². The zero-order valence-corrected chi connectivity index (χ0v) is 49.5. The second kappa shape index (κ2) is 50.4. The largest absolute Gasteiger partial charge is 0.394 e. The third-order valence-corrected chi connectivity index (χ3v) is 14.7. The van der Waals surface area contributed by atoms with Crippen LogP contribution in [0, 0.1) is 0 Å². The molecule has 2 fully saturated rings. The van der Waals surface area contributed by atoms with Crippen molar-refractivity contribution in [1.82, 2.24) is 5.32 Å². The summed E-state index contributed by atoms with van der Waals surface area (Å²) in [5.41, 5.74) is 0. The van der Waals surface area contributed by atoms with Gasteiger partial charge in [-0.05, 0) is 83.5 Å². The molecule has 2 saturated heterocycles. The predicted octanol–water partition coefficient (Wildman–Crippen LogP) is 11.4. The topological polar surface area (TPSA) is 228 Å². The zero-order valence-electron chi connectivity index (χ0n) is 49.5. The molecular weight excluding hydrogens is 1010 g/mol. The summed E-state index contributed by atoms with van der Waals surface area (Å²) in [5.74, 6) is -0.313. The quantitative estimate of drug-likeness (QED) is 0.0204. The molecule has 0 spiro atoms. The lowest BCUT2D eigenvalue weighted by atomic mass is 9.97. The minimum absolute atomic E-state index is 0.186. The second-order valence-corrected chi connectivity index (χ2v) is 21.8. The van der Waals surface area contributed by atoms with Gasteiger partial charge in [-0.2, -0.15) is 0 Å². The van der Waals surface area contributed by atoms with Crippen molar-refractivity contribution >= 4 is 5.91 Å². The van der Waals surface area contributed by atoms with Crippen molar-refractivity contribution in [1.29, 1.82) is 0 Å². The van der Waals surface area contributed by atoms with Gasteiger partial charge in [-0.25, -0.2) is 0 Å². The first kappa shape index (κ1) is 73.0. The Balaban J connectivity index is 1.77. The molecule has 2 heterocycles. The second-order valence-electron chi connectivity index (χ2n) is 21.8. The summed E-state index contributed by atoms with van der Waals surface area (Å²) >= 11 is 0. The molecule has 12 unspecified atom stereocenters. The van der Waals surface area contributed by atoms with Gasteiger partial charge in [0.25, 0.3) is 0 Å². The van der Waals surface area contributed by atoms with Crippen LogP contribution in [0.3, 0.4) is 0 Å². The van der Waals surface area contributed by atoms with E-state index >= 15 is 0 Å². The normalized spacial score (nSPS) is 24.9. The first-order chi connectivity index (χ1) is 39.1. The first-order valence-electron chi connectivity index (χ1n) is 31.5. The highest BCUT2D eigenvalue weighted by molar-refractivity contribution is 5.76. The van der Waals surface area contributed by atoms with Crippen LogP contribution in [0.25, 0.3) is 0 Å². The highest BCUT2D eigenvalue weighted by atomic mass is 16.7. The number of ether oxygens (including phenoxy) is 4. The third-order valence-electron chi connectivity index (χ3n) is 14.7. The average Bonchev–Trinajstić information content (AvgIpc) is 3.49. The zero-order chi connectivity index (χ0) is 58.1. The van der Waals surface area contributed by atoms with Crippen molar-refractivity contribution in [3.63, 3.8) is 0 Å². The summed E-state index contributed by atoms with van der Waals surface area (Å²) in [4.78, 5) is 13.2. The van der Waals surface area contributed by atoms with Crippen molar-refractivity contribution in [2.75, 3.05) is 19.8 Å². The molecule has 0 radical (unpaired) electrons. The molecule has 2 rings (SSSR count). The Morgan fingerprint density at radius 2 is 0.875 bits per heavy atom. The van der Waals surface area contributed by atoms with E-state index in [0.717, 1.165) is 57.8 Å². The predicted molar refractivity (Wildman–Crippen MR) is 323 cm³/mol. The molecule has 0 aliphatic carbocycles. The highest BCUT2D eigenvalue weighted by Gasteiger charge is 2.51. The van der Waals surface area contributed by atoms with Crippen molar-refractivity contribution < 1.29 is 64.6 Å². The Labute approximate surface area is 483 Å². The first-order valence-corrected chi connectivity index (χ1v) is 31.5. The maximum Gasteiger partial charge on any atom is 0.220 e. The molecule has 2 aliphatic heterocycles. The van der Waals surface area contributed by atoms with E-state index in [1.165, 1.54) is 122 Å². The molecule has 1 amide bonds. The van der Waals surface area contributed by atoms with Crippen LogP contribution < -0.4 is 5.32 Å². The average molecular weight is 1130 g/mol. The number of nitrogens with one attached hydrogen (secondary N) is 1. The summed E-state index contributed by atoms with van der Waals surface area (Å²) in [6, 6.07) is -0.975. The van der Waals surface area contributed by atoms with Crippen LogP contribution in [0.1, 0.15) is 219 Å². The Morgan fingerprint density at radius 3 is 1.38 bits per heavy atom. The SMILES string of the molecule is CC/C=C\C/C=C\C/C=C\C/C=C\C/C=C\CCCC(=O)NC(COC1OC(CO)C(OC2OC(CO)C(O)C(O)C2O)C(O)C1O)C(O)/C=C/CC/C=C/CC/C=C/CCCCCCCCCCCCCCCCCCCCC. The molecule has 0 aromatic rings. The molecule has 0 saturated carbocycles. The fourth-order valence-corrected chi connectivity index (χ4v) is 9.71. The molecule has 80 heavy (non-hydrogen) atoms. The van der Waals surface area contributed by atoms with E-state index in [2.05, 4.69) is 98.2 Å². The minimum atomic E-state index is -1.80. The van der Waals surface area contributed by atoms with E-state index in [9.17, 15) is 45.6 Å². The number of aliphatic hydroxyl groups is 8. The van der Waals surface area contributed by atoms with E-state index in [-0.39, 0.29) is 18.9 Å². The molecule has 12 atom stereocenters. The molecule has 9 N–H and O–H groups in total. The number of rotatable bonds is 49. The van der Waals surface area contributed by atoms with Crippen molar-refractivity contribution in [2.45, 2.75) is 293 Å². The lowest BCUT2D eigenvalue weighted by molar-refractivity contribution is -0.359. The van der Waals surface area contributed by atoms with Crippen LogP contribution in [-0.4, -0.2) is 140 Å². The van der Waals surface area contributed by atoms with Gasteiger partial charge in [0.2, 0.25) is 5.91 Å². The van der Waals surface area contributed by atoms with Gasteiger partial charge in [-0.1, -0.05) is 227 Å². The van der Waals surface area contributed by atoms with Gasteiger partial charge < -0.3 is 65.1 Å². The summed E-state index contributed by atoms with van der Waals surface area (Å²) in [6.45, 7) is 2.62. The monoisotopic (exact) mass is 1130 g/mol. The number of amides is 1. The standard InChI is InChI=1S/C66H113NO13/c1-3-5-7-9-11-13-15-17-19-21-22-23-24-25-26-27-28-29-30-31-32-34-35-37-39-41-43-45-47-49-55(70)54(67-58(71)50-48-46-44-42-40-38-36-33-20-18-16-14-12-10-8-6-4-2)53-77-65-63(76)61(74)64(57(52-69)79-65)80-66-62(75)60(73)59(72)56(51-68)78-66/h6,8,12,14,18,20,32,34,36,38-39,41-42,44,47,49,54-57,59-66,68-70,72-76H,3-5,7,9-11,13,15-17,19,21-31,33,35,37,40,43,45-46,48,50-53H2,1-2H3,(H,67,71)/b8-6-,14-12-,20-18-,34-32+,38-36-,41-39+,44-42-,49-47+. The van der Waals surface area contributed by atoms with Crippen LogP contribution in [0.2, 0.25) is 0 Å². The summed E-state index contributed by atoms with van der Waals surface area (Å²) in [7, 11) is 0. The Morgan fingerprint density at radius 1 is 0.463 bits per heavy atom. The molecule has 460 valence electrons. The van der Waals surface area contributed by atoms with Crippen molar-refractivity contribution in [2.24, 2.45) is 0 Å². The lowest BCUT2D eigenvalue weighted by Gasteiger charge is -2.46. The smallest absolute Gasteiger partial charge is 0.220 e. The fourth-order valence-electron chi connectivity index (χ4n) is 9.71. The van der Waals surface area contributed by atoms with Crippen LogP contribution in [0.15, 0.2) is 97.2 Å². The van der Waals surface area contributed by atoms with E-state index in [0.29, 0.717) is 19.3 Å². The summed E-state index contributed by atoms with van der Waals surface area (Å²) in [6.07, 6.45) is 53.3. The summed E-state index contributed by atoms with van der Waals surface area (Å²) in [5, 5.41) is 87.1. The number of carbonyl (C=O) groups is 1. The van der Waals surface area contributed by atoms with Gasteiger partial charge in [0, 0.05) is 6.42 Å². The van der Waals surface area contributed by atoms with Crippen molar-refractivity contribution in [3.8, 4) is 0 Å². The van der Waals surface area contributed by atoms with Gasteiger partial charge in [-0.15, -0.1) is 0 Å². The third kappa shape index (κ3) is 35.1. The Bertz CT molecular complexity index is 1710. The molecule has 2 aliphatic rings. The lowest BCUT2D eigenvalue weighted by Crippen LogP contribution is -2.65. The molecule has 0 bridgehead atoms. The van der Waals surface area contributed by atoms with Crippen LogP contribution in [-0.2, 0) is 23.7 Å². The summed E-state index contributed by atoms with van der Waals surface area (Å²) < 4.78 is 22.7. The molecule has 14 nitrogen and oxygen atoms in total. The number of allylic oxidation sites excluding steroid dienone is 15. The molecular formula is C66H113NO13.